The van der Waals surface area contributed by atoms with Crippen molar-refractivity contribution in [3.63, 3.8) is 0 Å². The van der Waals surface area contributed by atoms with Gasteiger partial charge in [-0.3, -0.25) is 0 Å². The van der Waals surface area contributed by atoms with Crippen LogP contribution in [0.3, 0.4) is 0 Å². The van der Waals surface area contributed by atoms with Gasteiger partial charge < -0.3 is 5.32 Å². The molecule has 2 atom stereocenters. The van der Waals surface area contributed by atoms with Crippen molar-refractivity contribution >= 4 is 43.0 Å². The number of aryl methyl sites for hydroxylation is 1. The van der Waals surface area contributed by atoms with Crippen LogP contribution in [0.15, 0.2) is 23.1 Å². The van der Waals surface area contributed by atoms with E-state index in [1.165, 1.54) is 11.3 Å². The highest BCUT2D eigenvalue weighted by Gasteiger charge is 2.28. The quantitative estimate of drug-likeness (QED) is 0.885. The first-order chi connectivity index (χ1) is 10.4. The van der Waals surface area contributed by atoms with Gasteiger partial charge in [0.25, 0.3) is 0 Å². The Bertz CT molecular complexity index is 801. The number of nitrogens with one attached hydrogen (secondary N) is 2. The number of halogens is 1. The molecule has 1 aromatic heterocycles. The lowest BCUT2D eigenvalue weighted by Crippen LogP contribution is -2.46. The smallest absolute Gasteiger partial charge is 0.242 e. The van der Waals surface area contributed by atoms with E-state index < -0.39 is 10.0 Å². The van der Waals surface area contributed by atoms with E-state index in [2.05, 4.69) is 17.0 Å². The molecule has 22 heavy (non-hydrogen) atoms. The first kappa shape index (κ1) is 16.2. The first-order valence-corrected chi connectivity index (χ1v) is 9.99. The maximum absolute atomic E-state index is 12.8. The van der Waals surface area contributed by atoms with Gasteiger partial charge >= 0.3 is 0 Å². The Balaban J connectivity index is 1.98. The summed E-state index contributed by atoms with van der Waals surface area (Å²) in [5.74, 6) is 0. The number of sulfonamides is 1. The zero-order valence-corrected chi connectivity index (χ0v) is 14.9. The molecule has 4 nitrogen and oxygen atoms in total. The zero-order valence-electron chi connectivity index (χ0n) is 12.5. The first-order valence-electron chi connectivity index (χ1n) is 7.31. The Hall–Kier alpha value is -0.660. The molecule has 1 saturated heterocycles. The van der Waals surface area contributed by atoms with E-state index in [-0.39, 0.29) is 6.04 Å². The Kier molecular flexibility index (Phi) is 4.49. The second-order valence-electron chi connectivity index (χ2n) is 5.83. The van der Waals surface area contributed by atoms with Crippen molar-refractivity contribution in [3.8, 4) is 0 Å². The largest absolute Gasteiger partial charge is 0.314 e. The van der Waals surface area contributed by atoms with E-state index in [1.54, 1.807) is 12.1 Å². The SMILES string of the molecule is Cc1sc2ccc(Cl)cc2c1S(=O)(=O)NC1CCNC(C)C1. The van der Waals surface area contributed by atoms with Crippen LogP contribution in [-0.4, -0.2) is 27.0 Å². The number of fused-ring (bicyclic) bond motifs is 1. The van der Waals surface area contributed by atoms with Crippen molar-refractivity contribution in [2.75, 3.05) is 6.54 Å². The molecule has 0 spiro atoms. The lowest BCUT2D eigenvalue weighted by atomic mass is 10.0. The average Bonchev–Trinajstić information content (AvgIpc) is 2.74. The highest BCUT2D eigenvalue weighted by atomic mass is 35.5. The van der Waals surface area contributed by atoms with Crippen LogP contribution in [0.25, 0.3) is 10.1 Å². The van der Waals surface area contributed by atoms with Crippen LogP contribution < -0.4 is 10.0 Å². The third-order valence-electron chi connectivity index (χ3n) is 3.98. The third-order valence-corrected chi connectivity index (χ3v) is 7.14. The second kappa shape index (κ2) is 6.09. The van der Waals surface area contributed by atoms with Gasteiger partial charge in [-0.2, -0.15) is 0 Å². The molecule has 2 heterocycles. The van der Waals surface area contributed by atoms with Crippen LogP contribution in [0, 0.1) is 6.92 Å². The summed E-state index contributed by atoms with van der Waals surface area (Å²) in [6.07, 6.45) is 1.62. The molecule has 0 bridgehead atoms. The van der Waals surface area contributed by atoms with Gasteiger partial charge in [-0.15, -0.1) is 11.3 Å². The lowest BCUT2D eigenvalue weighted by Gasteiger charge is -2.28. The van der Waals surface area contributed by atoms with Crippen molar-refractivity contribution in [1.29, 1.82) is 0 Å². The van der Waals surface area contributed by atoms with Crippen molar-refractivity contribution in [2.24, 2.45) is 0 Å². The molecule has 0 saturated carbocycles. The minimum atomic E-state index is -3.54. The Morgan fingerprint density at radius 3 is 2.91 bits per heavy atom. The summed E-state index contributed by atoms with van der Waals surface area (Å²) in [6, 6.07) is 5.71. The predicted molar refractivity (Wildman–Crippen MR) is 92.4 cm³/mol. The standard InChI is InChI=1S/C15H19ClN2O2S2/c1-9-7-12(5-6-17-9)18-22(19,20)15-10(2)21-14-4-3-11(16)8-13(14)15/h3-4,8-9,12,17-18H,5-7H2,1-2H3. The summed E-state index contributed by atoms with van der Waals surface area (Å²) in [5.41, 5.74) is 0. The molecule has 2 N–H and O–H groups in total. The molecule has 0 amide bonds. The molecule has 2 aromatic rings. The van der Waals surface area contributed by atoms with Crippen LogP contribution in [-0.2, 0) is 10.0 Å². The van der Waals surface area contributed by atoms with Crippen molar-refractivity contribution in [3.05, 3.63) is 28.1 Å². The number of benzene rings is 1. The number of thiophene rings is 1. The number of hydrogen-bond acceptors (Lipinski definition) is 4. The van der Waals surface area contributed by atoms with Crippen LogP contribution >= 0.6 is 22.9 Å². The summed E-state index contributed by atoms with van der Waals surface area (Å²) in [7, 11) is -3.54. The van der Waals surface area contributed by atoms with E-state index in [1.807, 2.05) is 13.0 Å². The van der Waals surface area contributed by atoms with Gasteiger partial charge in [-0.25, -0.2) is 13.1 Å². The van der Waals surface area contributed by atoms with E-state index in [0.717, 1.165) is 29.0 Å². The zero-order chi connectivity index (χ0) is 15.9. The topological polar surface area (TPSA) is 58.2 Å². The minimum Gasteiger partial charge on any atom is -0.314 e. The average molecular weight is 359 g/mol. The molecule has 1 aliphatic rings. The maximum Gasteiger partial charge on any atom is 0.242 e. The predicted octanol–water partition coefficient (Wildman–Crippen LogP) is 3.28. The fourth-order valence-corrected chi connectivity index (χ4v) is 6.26. The van der Waals surface area contributed by atoms with Gasteiger partial charge in [0, 0.05) is 32.1 Å². The molecule has 1 aliphatic heterocycles. The van der Waals surface area contributed by atoms with Gasteiger partial charge in [0.05, 0.1) is 0 Å². The molecule has 120 valence electrons. The highest BCUT2D eigenvalue weighted by Crippen LogP contribution is 2.35. The van der Waals surface area contributed by atoms with Gasteiger partial charge in [-0.1, -0.05) is 11.6 Å². The van der Waals surface area contributed by atoms with Gasteiger partial charge in [0.15, 0.2) is 0 Å². The lowest BCUT2D eigenvalue weighted by molar-refractivity contribution is 0.361. The van der Waals surface area contributed by atoms with E-state index in [0.29, 0.717) is 21.3 Å². The fourth-order valence-electron chi connectivity index (χ4n) is 3.02. The molecular formula is C15H19ClN2O2S2. The molecule has 7 heteroatoms. The second-order valence-corrected chi connectivity index (χ2v) is 9.17. The molecule has 1 aromatic carbocycles. The van der Waals surface area contributed by atoms with Crippen LogP contribution in [0.1, 0.15) is 24.6 Å². The maximum atomic E-state index is 12.8. The van der Waals surface area contributed by atoms with Crippen molar-refractivity contribution < 1.29 is 8.42 Å². The van der Waals surface area contributed by atoms with Crippen LogP contribution in [0.5, 0.6) is 0 Å². The minimum absolute atomic E-state index is 0.0187. The molecule has 0 radical (unpaired) electrons. The molecule has 2 unspecified atom stereocenters. The summed E-state index contributed by atoms with van der Waals surface area (Å²) >= 11 is 7.53. The number of hydrogen-bond donors (Lipinski definition) is 2. The highest BCUT2D eigenvalue weighted by molar-refractivity contribution is 7.90. The number of piperidine rings is 1. The van der Waals surface area contributed by atoms with Crippen LogP contribution in [0.2, 0.25) is 5.02 Å². The van der Waals surface area contributed by atoms with E-state index in [4.69, 9.17) is 11.6 Å². The Labute approximate surface area is 139 Å². The Morgan fingerprint density at radius 1 is 1.41 bits per heavy atom. The van der Waals surface area contributed by atoms with Gasteiger partial charge in [-0.05, 0) is 51.4 Å². The summed E-state index contributed by atoms with van der Waals surface area (Å²) in [4.78, 5) is 1.17. The summed E-state index contributed by atoms with van der Waals surface area (Å²) in [6.45, 7) is 4.76. The molecule has 0 aliphatic carbocycles. The Morgan fingerprint density at radius 2 is 2.18 bits per heavy atom. The third kappa shape index (κ3) is 3.16. The van der Waals surface area contributed by atoms with Crippen molar-refractivity contribution in [2.45, 2.75) is 43.7 Å². The van der Waals surface area contributed by atoms with E-state index >= 15 is 0 Å². The fraction of sp³-hybridized carbons (Fsp3) is 0.467. The van der Waals surface area contributed by atoms with Gasteiger partial charge in [0.2, 0.25) is 10.0 Å². The van der Waals surface area contributed by atoms with Crippen LogP contribution in [0.4, 0.5) is 0 Å². The van der Waals surface area contributed by atoms with Crippen molar-refractivity contribution in [1.82, 2.24) is 10.0 Å². The summed E-state index contributed by atoms with van der Waals surface area (Å²) in [5, 5.41) is 4.60. The monoisotopic (exact) mass is 358 g/mol. The van der Waals surface area contributed by atoms with Gasteiger partial charge in [0.1, 0.15) is 4.90 Å². The molecule has 3 rings (SSSR count). The molecule has 1 fully saturated rings. The normalized spacial score (nSPS) is 23.0. The molecular weight excluding hydrogens is 340 g/mol. The summed E-state index contributed by atoms with van der Waals surface area (Å²) < 4.78 is 29.5. The van der Waals surface area contributed by atoms with E-state index in [9.17, 15) is 8.42 Å². The number of rotatable bonds is 3.